The van der Waals surface area contributed by atoms with Crippen LogP contribution in [0, 0.1) is 10.7 Å². The molecule has 0 aliphatic carbocycles. The van der Waals surface area contributed by atoms with E-state index in [1.807, 2.05) is 37.5 Å². The van der Waals surface area contributed by atoms with Crippen LogP contribution in [0.1, 0.15) is 5.82 Å². The Morgan fingerprint density at radius 3 is 2.33 bits per heavy atom. The number of anilines is 1. The predicted molar refractivity (Wildman–Crippen MR) is 43.3 cm³/mol. The first-order valence-electron chi connectivity index (χ1n) is 3.61. The van der Waals surface area contributed by atoms with Crippen molar-refractivity contribution in [1.29, 1.82) is 0 Å². The average molecular weight is 336 g/mol. The second-order valence-electron chi connectivity index (χ2n) is 2.81. The Kier molecular flexibility index (Phi) is 2.78. The van der Waals surface area contributed by atoms with E-state index in [-0.39, 0.29) is 0 Å². The summed E-state index contributed by atoms with van der Waals surface area (Å²) in [6.07, 6.45) is 0. The van der Waals surface area contributed by atoms with E-state index in [0.717, 1.165) is 15.6 Å². The van der Waals surface area contributed by atoms with E-state index < -0.39 is 0 Å². The fourth-order valence-electron chi connectivity index (χ4n) is 0.744. The fraction of sp³-hybridized carbons (Fsp3) is 0.571. The molecule has 0 amide bonds. The SMILES string of the molecule is Cc1nc(N(C)C)n[c](=[W])n1C. The first-order chi connectivity index (χ1) is 5.52. The van der Waals surface area contributed by atoms with Gasteiger partial charge in [0.1, 0.15) is 0 Å². The second kappa shape index (κ2) is 3.48. The van der Waals surface area contributed by atoms with Crippen LogP contribution in [0.3, 0.4) is 0 Å². The Morgan fingerprint density at radius 1 is 1.33 bits per heavy atom. The van der Waals surface area contributed by atoms with Gasteiger partial charge in [-0.25, -0.2) is 0 Å². The summed E-state index contributed by atoms with van der Waals surface area (Å²) in [5.41, 5.74) is 0. The van der Waals surface area contributed by atoms with E-state index in [1.165, 1.54) is 19.4 Å². The first-order valence-corrected chi connectivity index (χ1v) is 5.08. The zero-order valence-electron chi connectivity index (χ0n) is 7.70. The van der Waals surface area contributed by atoms with Crippen LogP contribution in [0.2, 0.25) is 0 Å². The van der Waals surface area contributed by atoms with Crippen molar-refractivity contribution < 1.29 is 19.4 Å². The molecule has 0 saturated heterocycles. The van der Waals surface area contributed by atoms with E-state index in [2.05, 4.69) is 9.97 Å². The van der Waals surface area contributed by atoms with Crippen LogP contribution >= 0.6 is 0 Å². The molecule has 4 nitrogen and oxygen atoms in total. The summed E-state index contributed by atoms with van der Waals surface area (Å²) in [7, 11) is 5.88. The third-order valence-electron chi connectivity index (χ3n) is 1.63. The zero-order chi connectivity index (χ0) is 9.30. The minimum atomic E-state index is 0.788. The topological polar surface area (TPSA) is 34.0 Å². The number of aromatic nitrogens is 3. The Labute approximate surface area is 82.7 Å². The molecular weight excluding hydrogens is 324 g/mol. The molecule has 0 aliphatic rings. The van der Waals surface area contributed by atoms with Crippen LogP contribution in [-0.2, 0) is 26.4 Å². The Bertz CT molecular complexity index is 342. The molecule has 1 aromatic rings. The van der Waals surface area contributed by atoms with Gasteiger partial charge in [-0.3, -0.25) is 0 Å². The molecule has 0 unspecified atom stereocenters. The molecule has 1 aromatic heterocycles. The van der Waals surface area contributed by atoms with Crippen LogP contribution in [-0.4, -0.2) is 28.6 Å². The van der Waals surface area contributed by atoms with Gasteiger partial charge in [0.2, 0.25) is 0 Å². The van der Waals surface area contributed by atoms with Gasteiger partial charge in [0, 0.05) is 0 Å². The van der Waals surface area contributed by atoms with E-state index in [4.69, 9.17) is 0 Å². The van der Waals surface area contributed by atoms with Gasteiger partial charge in [-0.2, -0.15) is 0 Å². The molecule has 0 bridgehead atoms. The van der Waals surface area contributed by atoms with Gasteiger partial charge in [-0.1, -0.05) is 0 Å². The third kappa shape index (κ3) is 1.80. The molecule has 0 atom stereocenters. The third-order valence-corrected chi connectivity index (χ3v) is 2.94. The fourth-order valence-corrected chi connectivity index (χ4v) is 1.51. The van der Waals surface area contributed by atoms with Gasteiger partial charge >= 0.3 is 82.4 Å². The Morgan fingerprint density at radius 2 is 1.92 bits per heavy atom. The van der Waals surface area contributed by atoms with Gasteiger partial charge in [0.15, 0.2) is 0 Å². The van der Waals surface area contributed by atoms with Crippen LogP contribution < -0.4 is 4.90 Å². The maximum atomic E-state index is 4.35. The van der Waals surface area contributed by atoms with Gasteiger partial charge < -0.3 is 0 Å². The normalized spacial score (nSPS) is 10.0. The average Bonchev–Trinajstić information content (AvgIpc) is 1.99. The van der Waals surface area contributed by atoms with E-state index >= 15 is 0 Å². The molecule has 0 spiro atoms. The number of nitrogens with zero attached hydrogens (tertiary/aromatic N) is 4. The Balaban J connectivity index is 3.31. The predicted octanol–water partition coefficient (Wildman–Crippen LogP) is 0.268. The molecule has 0 radical (unpaired) electrons. The standard InChI is InChI=1S/C7H12N4.W/c1-6-9-7(10(2)3)8-5-11(6)4;/h1-4H3;. The summed E-state index contributed by atoms with van der Waals surface area (Å²) in [6, 6.07) is 0. The van der Waals surface area contributed by atoms with Gasteiger partial charge in [-0.15, -0.1) is 0 Å². The quantitative estimate of drug-likeness (QED) is 0.738. The van der Waals surface area contributed by atoms with Gasteiger partial charge in [-0.05, 0) is 0 Å². The Hall–Kier alpha value is -0.502. The molecule has 1 heterocycles. The van der Waals surface area contributed by atoms with Crippen molar-refractivity contribution in [2.45, 2.75) is 6.92 Å². The summed E-state index contributed by atoms with van der Waals surface area (Å²) in [5, 5.41) is 0. The van der Waals surface area contributed by atoms with Crippen molar-refractivity contribution in [3.05, 3.63) is 9.63 Å². The van der Waals surface area contributed by atoms with E-state index in [9.17, 15) is 0 Å². The number of hydrogen-bond donors (Lipinski definition) is 0. The molecule has 0 saturated carbocycles. The zero-order valence-corrected chi connectivity index (χ0v) is 10.6. The number of aryl methyl sites for hydroxylation is 1. The van der Waals surface area contributed by atoms with Crippen LogP contribution in [0.25, 0.3) is 0 Å². The molecule has 66 valence electrons. The van der Waals surface area contributed by atoms with Gasteiger partial charge in [0.05, 0.1) is 0 Å². The van der Waals surface area contributed by atoms with Gasteiger partial charge in [0.25, 0.3) is 0 Å². The monoisotopic (exact) mass is 336 g/mol. The molecule has 1 rings (SSSR count). The molecule has 5 heteroatoms. The molecule has 0 aliphatic heterocycles. The molecule has 0 fully saturated rings. The van der Waals surface area contributed by atoms with Crippen molar-refractivity contribution in [3.8, 4) is 0 Å². The molecule has 0 N–H and O–H groups in total. The van der Waals surface area contributed by atoms with Crippen molar-refractivity contribution in [2.75, 3.05) is 19.0 Å². The molecular formula is C7H12N4W. The second-order valence-corrected chi connectivity index (χ2v) is 4.12. The van der Waals surface area contributed by atoms with E-state index in [1.54, 1.807) is 0 Å². The number of hydrogen-bond acceptors (Lipinski definition) is 3. The maximum absolute atomic E-state index is 4.35. The molecule has 12 heavy (non-hydrogen) atoms. The minimum absolute atomic E-state index is 0.788. The summed E-state index contributed by atoms with van der Waals surface area (Å²) in [4.78, 5) is 10.6. The molecule has 0 aromatic carbocycles. The van der Waals surface area contributed by atoms with Crippen LogP contribution in [0.4, 0.5) is 5.95 Å². The summed E-state index contributed by atoms with van der Waals surface area (Å²) < 4.78 is 3.06. The first kappa shape index (κ1) is 9.59. The summed E-state index contributed by atoms with van der Waals surface area (Å²) >= 11 is 1.36. The van der Waals surface area contributed by atoms with Crippen LogP contribution in [0.5, 0.6) is 0 Å². The van der Waals surface area contributed by atoms with E-state index in [0.29, 0.717) is 0 Å². The summed E-state index contributed by atoms with van der Waals surface area (Å²) in [6.45, 7) is 1.99. The van der Waals surface area contributed by atoms with Crippen LogP contribution in [0.15, 0.2) is 0 Å². The number of rotatable bonds is 1. The van der Waals surface area contributed by atoms with Crippen molar-refractivity contribution in [3.63, 3.8) is 0 Å². The van der Waals surface area contributed by atoms with Crippen molar-refractivity contribution in [2.24, 2.45) is 7.05 Å². The van der Waals surface area contributed by atoms with Crippen molar-refractivity contribution >= 4 is 5.95 Å². The van der Waals surface area contributed by atoms with Crippen molar-refractivity contribution in [1.82, 2.24) is 14.5 Å². The summed E-state index contributed by atoms with van der Waals surface area (Å²) in [5.74, 6) is 1.79.